The van der Waals surface area contributed by atoms with Gasteiger partial charge in [-0.15, -0.1) is 0 Å². The smallest absolute Gasteiger partial charge is 0.287 e. The zero-order valence-corrected chi connectivity index (χ0v) is 12.1. The molecule has 1 heterocycles. The second-order valence-electron chi connectivity index (χ2n) is 5.45. The third-order valence-electron chi connectivity index (χ3n) is 3.89. The van der Waals surface area contributed by atoms with Gasteiger partial charge >= 0.3 is 0 Å². The number of nitrogens with one attached hydrogen (secondary N) is 1. The molecular weight excluding hydrogens is 274 g/mol. The zero-order chi connectivity index (χ0) is 13.9. The summed E-state index contributed by atoms with van der Waals surface area (Å²) in [4.78, 5) is 12.2. The minimum absolute atomic E-state index is 0.121. The highest BCUT2D eigenvalue weighted by molar-refractivity contribution is 6.31. The maximum Gasteiger partial charge on any atom is 0.287 e. The summed E-state index contributed by atoms with van der Waals surface area (Å²) in [6.07, 6.45) is 7.07. The minimum atomic E-state index is -0.121. The molecule has 0 atom stereocenters. The van der Waals surface area contributed by atoms with E-state index in [1.165, 1.54) is 25.7 Å². The first-order valence-electron chi connectivity index (χ1n) is 7.22. The van der Waals surface area contributed by atoms with Crippen LogP contribution in [0.25, 0.3) is 11.0 Å². The SMILES string of the molecule is O=C(NC1CCCCCC1)c1cc2cc(Cl)ccc2o1. The van der Waals surface area contributed by atoms with Gasteiger partial charge in [0.15, 0.2) is 5.76 Å². The van der Waals surface area contributed by atoms with Crippen molar-refractivity contribution in [3.8, 4) is 0 Å². The fourth-order valence-corrected chi connectivity index (χ4v) is 2.99. The van der Waals surface area contributed by atoms with Gasteiger partial charge < -0.3 is 9.73 Å². The summed E-state index contributed by atoms with van der Waals surface area (Å²) in [5, 5.41) is 4.60. The molecule has 1 fully saturated rings. The molecule has 3 rings (SSSR count). The Morgan fingerprint density at radius 1 is 1.15 bits per heavy atom. The van der Waals surface area contributed by atoms with Gasteiger partial charge in [-0.3, -0.25) is 4.79 Å². The van der Waals surface area contributed by atoms with Crippen LogP contribution < -0.4 is 5.32 Å². The molecule has 0 bridgehead atoms. The van der Waals surface area contributed by atoms with Crippen LogP contribution in [0.5, 0.6) is 0 Å². The molecule has 20 heavy (non-hydrogen) atoms. The van der Waals surface area contributed by atoms with Crippen molar-refractivity contribution in [3.05, 3.63) is 35.0 Å². The second kappa shape index (κ2) is 5.88. The van der Waals surface area contributed by atoms with Crippen molar-refractivity contribution in [2.24, 2.45) is 0 Å². The average molecular weight is 292 g/mol. The van der Waals surface area contributed by atoms with Crippen molar-refractivity contribution in [2.75, 3.05) is 0 Å². The molecule has 1 amide bonds. The van der Waals surface area contributed by atoms with Crippen LogP contribution in [0, 0.1) is 0 Å². The monoisotopic (exact) mass is 291 g/mol. The van der Waals surface area contributed by atoms with E-state index < -0.39 is 0 Å². The Morgan fingerprint density at radius 2 is 1.90 bits per heavy atom. The molecule has 1 aliphatic carbocycles. The van der Waals surface area contributed by atoms with Crippen LogP contribution in [0.15, 0.2) is 28.7 Å². The van der Waals surface area contributed by atoms with Crippen LogP contribution in [0.3, 0.4) is 0 Å². The topological polar surface area (TPSA) is 42.2 Å². The molecule has 0 radical (unpaired) electrons. The van der Waals surface area contributed by atoms with E-state index in [2.05, 4.69) is 5.32 Å². The van der Waals surface area contributed by atoms with Gasteiger partial charge in [-0.05, 0) is 37.1 Å². The predicted octanol–water partition coefficient (Wildman–Crippen LogP) is 4.54. The molecule has 3 nitrogen and oxygen atoms in total. The van der Waals surface area contributed by atoms with E-state index in [-0.39, 0.29) is 11.9 Å². The Labute approximate surface area is 123 Å². The van der Waals surface area contributed by atoms with Crippen molar-refractivity contribution in [2.45, 2.75) is 44.6 Å². The summed E-state index contributed by atoms with van der Waals surface area (Å²) in [6, 6.07) is 7.40. The molecular formula is C16H18ClNO2. The lowest BCUT2D eigenvalue weighted by Crippen LogP contribution is -2.34. The molecule has 1 aliphatic rings. The zero-order valence-electron chi connectivity index (χ0n) is 11.3. The molecule has 4 heteroatoms. The third-order valence-corrected chi connectivity index (χ3v) is 4.13. The second-order valence-corrected chi connectivity index (χ2v) is 5.89. The van der Waals surface area contributed by atoms with Gasteiger partial charge in [0.1, 0.15) is 5.58 Å². The van der Waals surface area contributed by atoms with Crippen LogP contribution in [0.2, 0.25) is 5.02 Å². The fraction of sp³-hybridized carbons (Fsp3) is 0.438. The lowest BCUT2D eigenvalue weighted by atomic mass is 10.1. The molecule has 1 aromatic carbocycles. The lowest BCUT2D eigenvalue weighted by Gasteiger charge is -2.14. The Morgan fingerprint density at radius 3 is 2.65 bits per heavy atom. The Kier molecular flexibility index (Phi) is 3.97. The number of benzene rings is 1. The maximum absolute atomic E-state index is 12.2. The van der Waals surface area contributed by atoms with Gasteiger partial charge in [0.05, 0.1) is 0 Å². The normalized spacial score (nSPS) is 17.1. The van der Waals surface area contributed by atoms with E-state index in [1.54, 1.807) is 18.2 Å². The predicted molar refractivity (Wildman–Crippen MR) is 80.2 cm³/mol. The van der Waals surface area contributed by atoms with E-state index in [4.69, 9.17) is 16.0 Å². The van der Waals surface area contributed by atoms with E-state index in [0.29, 0.717) is 16.4 Å². The van der Waals surface area contributed by atoms with Crippen LogP contribution in [0.1, 0.15) is 49.1 Å². The van der Waals surface area contributed by atoms with Crippen LogP contribution in [0.4, 0.5) is 0 Å². The highest BCUT2D eigenvalue weighted by Crippen LogP contribution is 2.23. The van der Waals surface area contributed by atoms with Gasteiger partial charge in [0, 0.05) is 16.5 Å². The number of carbonyl (C=O) groups excluding carboxylic acids is 1. The van der Waals surface area contributed by atoms with E-state index in [9.17, 15) is 4.79 Å². The Balaban J connectivity index is 1.74. The summed E-state index contributed by atoms with van der Waals surface area (Å²) in [6.45, 7) is 0. The Bertz CT molecular complexity index is 612. The van der Waals surface area contributed by atoms with Gasteiger partial charge in [0.25, 0.3) is 5.91 Å². The molecule has 0 saturated heterocycles. The summed E-state index contributed by atoms with van der Waals surface area (Å²) >= 11 is 5.94. The molecule has 0 unspecified atom stereocenters. The number of fused-ring (bicyclic) bond motifs is 1. The van der Waals surface area contributed by atoms with Gasteiger partial charge in [-0.25, -0.2) is 0 Å². The molecule has 1 aromatic heterocycles. The number of amides is 1. The first-order chi connectivity index (χ1) is 9.72. The van der Waals surface area contributed by atoms with Gasteiger partial charge in [-0.1, -0.05) is 37.3 Å². The van der Waals surface area contributed by atoms with Crippen molar-refractivity contribution in [1.29, 1.82) is 0 Å². The fourth-order valence-electron chi connectivity index (χ4n) is 2.81. The molecule has 1 N–H and O–H groups in total. The summed E-state index contributed by atoms with van der Waals surface area (Å²) < 4.78 is 5.59. The van der Waals surface area contributed by atoms with Gasteiger partial charge in [0.2, 0.25) is 0 Å². The minimum Gasteiger partial charge on any atom is -0.451 e. The van der Waals surface area contributed by atoms with Crippen LogP contribution >= 0.6 is 11.6 Å². The van der Waals surface area contributed by atoms with Crippen LogP contribution in [-0.2, 0) is 0 Å². The molecule has 0 spiro atoms. The first-order valence-corrected chi connectivity index (χ1v) is 7.60. The Hall–Kier alpha value is -1.48. The van der Waals surface area contributed by atoms with E-state index in [1.807, 2.05) is 6.07 Å². The molecule has 2 aromatic rings. The van der Waals surface area contributed by atoms with E-state index in [0.717, 1.165) is 18.2 Å². The quantitative estimate of drug-likeness (QED) is 0.826. The van der Waals surface area contributed by atoms with Crippen molar-refractivity contribution in [3.63, 3.8) is 0 Å². The van der Waals surface area contributed by atoms with Crippen LogP contribution in [-0.4, -0.2) is 11.9 Å². The number of hydrogen-bond donors (Lipinski definition) is 1. The van der Waals surface area contributed by atoms with Crippen molar-refractivity contribution >= 4 is 28.5 Å². The maximum atomic E-state index is 12.2. The van der Waals surface area contributed by atoms with Crippen molar-refractivity contribution in [1.82, 2.24) is 5.32 Å². The van der Waals surface area contributed by atoms with E-state index >= 15 is 0 Å². The number of carbonyl (C=O) groups is 1. The number of furan rings is 1. The average Bonchev–Trinajstić information content (AvgIpc) is 2.68. The summed E-state index contributed by atoms with van der Waals surface area (Å²) in [5.74, 6) is 0.246. The third kappa shape index (κ3) is 2.98. The molecule has 106 valence electrons. The van der Waals surface area contributed by atoms with Crippen molar-refractivity contribution < 1.29 is 9.21 Å². The number of halogens is 1. The first kappa shape index (κ1) is 13.5. The largest absolute Gasteiger partial charge is 0.451 e. The number of hydrogen-bond acceptors (Lipinski definition) is 2. The summed E-state index contributed by atoms with van der Waals surface area (Å²) in [5.41, 5.74) is 0.695. The highest BCUT2D eigenvalue weighted by atomic mass is 35.5. The highest BCUT2D eigenvalue weighted by Gasteiger charge is 2.18. The van der Waals surface area contributed by atoms with Gasteiger partial charge in [-0.2, -0.15) is 0 Å². The summed E-state index contributed by atoms with van der Waals surface area (Å²) in [7, 11) is 0. The lowest BCUT2D eigenvalue weighted by molar-refractivity contribution is 0.0907. The molecule has 1 saturated carbocycles. The number of rotatable bonds is 2. The molecule has 0 aliphatic heterocycles. The standard InChI is InChI=1S/C16H18ClNO2/c17-12-7-8-14-11(9-12)10-15(20-14)16(19)18-13-5-3-1-2-4-6-13/h7-10,13H,1-6H2,(H,18,19).